The standard InChI is InChI=1S/C21H20FN5O2S2/c1-27-18(11-29-14-8-6-13(22)7-9-14)25-26-21(27)30-12-19(28)24-20-16(10-23)15-4-2-3-5-17(15)31-20/h6-9H,2-5,11-12H2,1H3,(H,24,28). The van der Waals surface area contributed by atoms with Gasteiger partial charge >= 0.3 is 0 Å². The minimum Gasteiger partial charge on any atom is -0.486 e. The van der Waals surface area contributed by atoms with E-state index < -0.39 is 0 Å². The molecule has 0 unspecified atom stereocenters. The fraction of sp³-hybridized carbons (Fsp3) is 0.333. The third-order valence-corrected chi connectivity index (χ3v) is 7.20. The summed E-state index contributed by atoms with van der Waals surface area (Å²) in [5, 5.41) is 21.9. The van der Waals surface area contributed by atoms with E-state index in [1.807, 2.05) is 0 Å². The van der Waals surface area contributed by atoms with Gasteiger partial charge in [-0.15, -0.1) is 21.5 Å². The van der Waals surface area contributed by atoms with Gasteiger partial charge in [-0.2, -0.15) is 5.26 Å². The average Bonchev–Trinajstić information content (AvgIpc) is 3.31. The number of hydrogen-bond acceptors (Lipinski definition) is 7. The van der Waals surface area contributed by atoms with Crippen LogP contribution in [0, 0.1) is 17.1 Å². The van der Waals surface area contributed by atoms with Crippen LogP contribution >= 0.6 is 23.1 Å². The average molecular weight is 458 g/mol. The Balaban J connectivity index is 1.33. The molecule has 2 aromatic heterocycles. The van der Waals surface area contributed by atoms with Crippen molar-refractivity contribution in [3.05, 3.63) is 51.9 Å². The van der Waals surface area contributed by atoms with E-state index in [9.17, 15) is 14.4 Å². The summed E-state index contributed by atoms with van der Waals surface area (Å²) >= 11 is 2.77. The van der Waals surface area contributed by atoms with E-state index in [1.54, 1.807) is 23.7 Å². The molecular weight excluding hydrogens is 437 g/mol. The van der Waals surface area contributed by atoms with Crippen molar-refractivity contribution < 1.29 is 13.9 Å². The van der Waals surface area contributed by atoms with Crippen LogP contribution in [0.5, 0.6) is 5.75 Å². The number of aryl methyl sites for hydroxylation is 1. The molecule has 2 heterocycles. The molecule has 7 nitrogen and oxygen atoms in total. The van der Waals surface area contributed by atoms with Crippen molar-refractivity contribution in [2.75, 3.05) is 11.1 Å². The van der Waals surface area contributed by atoms with Crippen molar-refractivity contribution in [2.24, 2.45) is 7.05 Å². The molecule has 0 bridgehead atoms. The number of thiophene rings is 1. The zero-order valence-electron chi connectivity index (χ0n) is 16.9. The third kappa shape index (κ3) is 4.89. The number of carbonyl (C=O) groups excluding carboxylic acids is 1. The topological polar surface area (TPSA) is 92.8 Å². The summed E-state index contributed by atoms with van der Waals surface area (Å²) in [6.45, 7) is 0.175. The maximum atomic E-state index is 13.0. The summed E-state index contributed by atoms with van der Waals surface area (Å²) in [5.74, 6) is 0.757. The molecule has 0 radical (unpaired) electrons. The van der Waals surface area contributed by atoms with E-state index in [0.29, 0.717) is 27.3 Å². The Kier molecular flexibility index (Phi) is 6.53. The molecule has 0 aliphatic heterocycles. The van der Waals surface area contributed by atoms with Crippen molar-refractivity contribution in [2.45, 2.75) is 37.4 Å². The highest BCUT2D eigenvalue weighted by Crippen LogP contribution is 2.37. The molecule has 0 spiro atoms. The molecule has 31 heavy (non-hydrogen) atoms. The first-order chi connectivity index (χ1) is 15.0. The number of nitrogens with one attached hydrogen (secondary N) is 1. The molecule has 0 atom stereocenters. The van der Waals surface area contributed by atoms with Crippen molar-refractivity contribution >= 4 is 34.0 Å². The Labute approximate surface area is 187 Å². The predicted octanol–water partition coefficient (Wildman–Crippen LogP) is 4.08. The smallest absolute Gasteiger partial charge is 0.235 e. The highest BCUT2D eigenvalue weighted by Gasteiger charge is 2.22. The second-order valence-corrected chi connectivity index (χ2v) is 9.11. The lowest BCUT2D eigenvalue weighted by Crippen LogP contribution is -2.14. The quantitative estimate of drug-likeness (QED) is 0.538. The van der Waals surface area contributed by atoms with Crippen LogP contribution in [0.3, 0.4) is 0 Å². The van der Waals surface area contributed by atoms with E-state index in [1.165, 1.54) is 40.1 Å². The van der Waals surface area contributed by atoms with E-state index in [-0.39, 0.29) is 24.1 Å². The number of halogens is 1. The van der Waals surface area contributed by atoms with Crippen molar-refractivity contribution in [1.29, 1.82) is 5.26 Å². The third-order valence-electron chi connectivity index (χ3n) is 4.98. The van der Waals surface area contributed by atoms with E-state index in [0.717, 1.165) is 31.2 Å². The zero-order chi connectivity index (χ0) is 21.8. The first-order valence-corrected chi connectivity index (χ1v) is 11.6. The normalized spacial score (nSPS) is 12.8. The summed E-state index contributed by atoms with van der Waals surface area (Å²) in [5.41, 5.74) is 1.71. The number of aromatic nitrogens is 3. The molecule has 0 saturated carbocycles. The Morgan fingerprint density at radius 2 is 2.10 bits per heavy atom. The number of ether oxygens (including phenoxy) is 1. The molecule has 3 aromatic rings. The van der Waals surface area contributed by atoms with Gasteiger partial charge in [-0.05, 0) is 55.5 Å². The molecule has 1 aromatic carbocycles. The number of nitrogens with zero attached hydrogens (tertiary/aromatic N) is 4. The number of carbonyl (C=O) groups is 1. The number of rotatable bonds is 7. The Hall–Kier alpha value is -2.90. The Morgan fingerprint density at radius 3 is 2.87 bits per heavy atom. The van der Waals surface area contributed by atoms with E-state index in [4.69, 9.17) is 4.74 Å². The summed E-state index contributed by atoms with van der Waals surface area (Å²) in [6.07, 6.45) is 4.09. The van der Waals surface area contributed by atoms with Gasteiger partial charge in [-0.3, -0.25) is 4.79 Å². The fourth-order valence-corrected chi connectivity index (χ4v) is 5.33. The van der Waals surface area contributed by atoms with Crippen molar-refractivity contribution in [3.63, 3.8) is 0 Å². The molecule has 10 heteroatoms. The molecule has 1 aliphatic rings. The lowest BCUT2D eigenvalue weighted by molar-refractivity contribution is -0.113. The van der Waals surface area contributed by atoms with Crippen LogP contribution in [0.2, 0.25) is 0 Å². The van der Waals surface area contributed by atoms with E-state index in [2.05, 4.69) is 21.6 Å². The minimum absolute atomic E-state index is 0.151. The number of amides is 1. The van der Waals surface area contributed by atoms with Crippen LogP contribution in [-0.2, 0) is 31.3 Å². The molecule has 160 valence electrons. The van der Waals surface area contributed by atoms with Crippen LogP contribution in [-0.4, -0.2) is 26.4 Å². The number of benzene rings is 1. The van der Waals surface area contributed by atoms with Gasteiger partial charge in [-0.1, -0.05) is 11.8 Å². The lowest BCUT2D eigenvalue weighted by Gasteiger charge is -2.09. The van der Waals surface area contributed by atoms with Crippen LogP contribution in [0.25, 0.3) is 0 Å². The summed E-state index contributed by atoms with van der Waals surface area (Å²) < 4.78 is 20.3. The van der Waals surface area contributed by atoms with Gasteiger partial charge < -0.3 is 14.6 Å². The Morgan fingerprint density at radius 1 is 1.32 bits per heavy atom. The molecule has 1 aliphatic carbocycles. The minimum atomic E-state index is -0.326. The second kappa shape index (κ2) is 9.49. The predicted molar refractivity (Wildman–Crippen MR) is 117 cm³/mol. The fourth-order valence-electron chi connectivity index (χ4n) is 3.34. The molecule has 1 amide bonds. The van der Waals surface area contributed by atoms with Gasteiger partial charge in [-0.25, -0.2) is 4.39 Å². The lowest BCUT2D eigenvalue weighted by atomic mass is 9.96. The molecule has 0 saturated heterocycles. The summed E-state index contributed by atoms with van der Waals surface area (Å²) in [4.78, 5) is 13.7. The second-order valence-electron chi connectivity index (χ2n) is 7.06. The molecule has 1 N–H and O–H groups in total. The van der Waals surface area contributed by atoms with Gasteiger partial charge in [0.1, 0.15) is 29.2 Å². The van der Waals surface area contributed by atoms with Crippen LogP contribution in [0.1, 0.15) is 34.7 Å². The number of fused-ring (bicyclic) bond motifs is 1. The van der Waals surface area contributed by atoms with E-state index >= 15 is 0 Å². The highest BCUT2D eigenvalue weighted by atomic mass is 32.2. The van der Waals surface area contributed by atoms with Gasteiger partial charge in [0, 0.05) is 11.9 Å². The first kappa shape index (κ1) is 21.3. The summed E-state index contributed by atoms with van der Waals surface area (Å²) in [7, 11) is 1.80. The number of thioether (sulfide) groups is 1. The highest BCUT2D eigenvalue weighted by molar-refractivity contribution is 7.99. The SMILES string of the molecule is Cn1c(COc2ccc(F)cc2)nnc1SCC(=O)Nc1sc2c(c1C#N)CCCC2. The van der Waals surface area contributed by atoms with Gasteiger partial charge in [0.15, 0.2) is 11.0 Å². The number of anilines is 1. The Bertz CT molecular complexity index is 1130. The summed E-state index contributed by atoms with van der Waals surface area (Å²) in [6, 6.07) is 8.00. The monoisotopic (exact) mass is 457 g/mol. The first-order valence-electron chi connectivity index (χ1n) is 9.79. The number of hydrogen-bond donors (Lipinski definition) is 1. The van der Waals surface area contributed by atoms with Gasteiger partial charge in [0.2, 0.25) is 5.91 Å². The van der Waals surface area contributed by atoms with Gasteiger partial charge in [0.05, 0.1) is 11.3 Å². The van der Waals surface area contributed by atoms with Gasteiger partial charge in [0.25, 0.3) is 0 Å². The molecular formula is C21H20FN5O2S2. The molecule has 4 rings (SSSR count). The number of nitriles is 1. The van der Waals surface area contributed by atoms with Crippen LogP contribution in [0.15, 0.2) is 29.4 Å². The maximum Gasteiger partial charge on any atom is 0.235 e. The maximum absolute atomic E-state index is 13.0. The van der Waals surface area contributed by atoms with Crippen molar-refractivity contribution in [1.82, 2.24) is 14.8 Å². The van der Waals surface area contributed by atoms with Crippen LogP contribution < -0.4 is 10.1 Å². The molecule has 0 fully saturated rings. The zero-order valence-corrected chi connectivity index (χ0v) is 18.5. The van der Waals surface area contributed by atoms with Crippen molar-refractivity contribution in [3.8, 4) is 11.8 Å². The van der Waals surface area contributed by atoms with Crippen LogP contribution in [0.4, 0.5) is 9.39 Å². The largest absolute Gasteiger partial charge is 0.486 e.